The van der Waals surface area contributed by atoms with Gasteiger partial charge in [0.05, 0.1) is 18.8 Å². The lowest BCUT2D eigenvalue weighted by atomic mass is 9.84. The molecule has 1 aromatic rings. The number of carboxylic acids is 1. The van der Waals surface area contributed by atoms with Gasteiger partial charge >= 0.3 is 5.97 Å². The highest BCUT2D eigenvalue weighted by Crippen LogP contribution is 2.31. The maximum absolute atomic E-state index is 11.8. The predicted octanol–water partition coefficient (Wildman–Crippen LogP) is 6.88. The third-order valence-corrected chi connectivity index (χ3v) is 5.13. The molecule has 0 amide bonds. The van der Waals surface area contributed by atoms with Crippen LogP contribution in [0.5, 0.6) is 11.5 Å². The minimum atomic E-state index is -1.10. The van der Waals surface area contributed by atoms with Crippen molar-refractivity contribution in [2.24, 2.45) is 22.7 Å². The van der Waals surface area contributed by atoms with E-state index in [0.717, 1.165) is 25.7 Å². The molecule has 2 unspecified atom stereocenters. The van der Waals surface area contributed by atoms with Crippen molar-refractivity contribution < 1.29 is 24.2 Å². The van der Waals surface area contributed by atoms with E-state index in [2.05, 4.69) is 55.4 Å². The van der Waals surface area contributed by atoms with Gasteiger partial charge in [-0.25, -0.2) is 4.79 Å². The number of hydrogen-bond acceptors (Lipinski definition) is 4. The molecule has 0 fully saturated rings. The Hall–Kier alpha value is -2.04. The predicted molar refractivity (Wildman–Crippen MR) is 125 cm³/mol. The Balaban J connectivity index is 2.82. The quantitative estimate of drug-likeness (QED) is 0.363. The van der Waals surface area contributed by atoms with Gasteiger partial charge in [-0.3, -0.25) is 4.79 Å². The van der Waals surface area contributed by atoms with E-state index in [0.29, 0.717) is 42.6 Å². The third kappa shape index (κ3) is 10.7. The summed E-state index contributed by atoms with van der Waals surface area (Å²) in [6.45, 7) is 18.4. The molecule has 0 aliphatic heterocycles. The third-order valence-electron chi connectivity index (χ3n) is 5.13. The fraction of sp³-hybridized carbons (Fsp3) is 0.692. The number of carbonyl (C=O) groups excluding carboxylic acids is 1. The summed E-state index contributed by atoms with van der Waals surface area (Å²) in [6.07, 6.45) is 4.47. The lowest BCUT2D eigenvalue weighted by Gasteiger charge is -2.23. The highest BCUT2D eigenvalue weighted by Gasteiger charge is 2.20. The Morgan fingerprint density at radius 2 is 1.35 bits per heavy atom. The topological polar surface area (TPSA) is 72.8 Å². The Morgan fingerprint density at radius 1 is 0.903 bits per heavy atom. The van der Waals surface area contributed by atoms with Crippen LogP contribution in [0, 0.1) is 22.7 Å². The van der Waals surface area contributed by atoms with Crippen molar-refractivity contribution in [2.75, 3.05) is 13.2 Å². The number of aromatic carboxylic acids is 1. The Morgan fingerprint density at radius 3 is 1.74 bits per heavy atom. The summed E-state index contributed by atoms with van der Waals surface area (Å²) < 4.78 is 11.6. The number of carbonyl (C=O) groups is 2. The molecule has 1 aromatic carbocycles. The Bertz CT molecular complexity index is 725. The second-order valence-corrected chi connectivity index (χ2v) is 11.3. The van der Waals surface area contributed by atoms with Crippen molar-refractivity contribution in [3.8, 4) is 11.5 Å². The normalized spacial score (nSPS) is 14.1. The van der Waals surface area contributed by atoms with Crippen LogP contribution in [0.2, 0.25) is 0 Å². The molecule has 0 spiro atoms. The maximum atomic E-state index is 11.8. The van der Waals surface area contributed by atoms with E-state index in [9.17, 15) is 14.7 Å². The first kappa shape index (κ1) is 27.0. The minimum Gasteiger partial charge on any atom is -0.493 e. The molecule has 0 aliphatic rings. The van der Waals surface area contributed by atoms with Gasteiger partial charge in [0, 0.05) is 0 Å². The number of carboxylic acid groups (broad SMARTS) is 1. The van der Waals surface area contributed by atoms with Gasteiger partial charge in [0.2, 0.25) is 0 Å². The molecule has 0 radical (unpaired) electrons. The monoisotopic (exact) mass is 434 g/mol. The van der Waals surface area contributed by atoms with Crippen LogP contribution in [0.1, 0.15) is 102 Å². The van der Waals surface area contributed by atoms with Crippen molar-refractivity contribution in [1.82, 2.24) is 0 Å². The van der Waals surface area contributed by atoms with Crippen LogP contribution in [0.25, 0.3) is 0 Å². The molecular weight excluding hydrogens is 392 g/mol. The van der Waals surface area contributed by atoms with Gasteiger partial charge in [0.15, 0.2) is 6.29 Å². The summed E-state index contributed by atoms with van der Waals surface area (Å²) in [7, 11) is 0. The number of benzene rings is 1. The standard InChI is InChI=1S/C26H42O5/c1-18(15-25(3,4)5)9-11-30-22-14-21(24(28)29)23(13-20(22)17-27)31-12-10-19(2)16-26(6,7)8/h13-14,17-19H,9-12,15-16H2,1-8H3,(H,28,29). The van der Waals surface area contributed by atoms with Crippen LogP contribution in [-0.4, -0.2) is 30.6 Å². The zero-order valence-corrected chi connectivity index (χ0v) is 20.7. The van der Waals surface area contributed by atoms with Gasteiger partial charge in [-0.15, -0.1) is 0 Å². The Labute approximate surface area is 188 Å². The highest BCUT2D eigenvalue weighted by molar-refractivity contribution is 5.94. The summed E-state index contributed by atoms with van der Waals surface area (Å²) in [6, 6.07) is 2.90. The van der Waals surface area contributed by atoms with Crippen molar-refractivity contribution in [1.29, 1.82) is 0 Å². The first-order chi connectivity index (χ1) is 14.2. The molecule has 0 aliphatic carbocycles. The molecule has 1 rings (SSSR count). The molecule has 0 bridgehead atoms. The number of aldehydes is 1. The van der Waals surface area contributed by atoms with Gasteiger partial charge in [0.1, 0.15) is 17.1 Å². The molecule has 0 aromatic heterocycles. The molecule has 1 N–H and O–H groups in total. The van der Waals surface area contributed by atoms with Crippen LogP contribution in [0.15, 0.2) is 12.1 Å². The summed E-state index contributed by atoms with van der Waals surface area (Å²) in [5, 5.41) is 9.63. The van der Waals surface area contributed by atoms with Crippen LogP contribution >= 0.6 is 0 Å². The molecule has 5 heteroatoms. The smallest absolute Gasteiger partial charge is 0.339 e. The fourth-order valence-electron chi connectivity index (χ4n) is 4.11. The number of ether oxygens (including phenoxy) is 2. The molecule has 0 heterocycles. The molecule has 0 saturated carbocycles. The van der Waals surface area contributed by atoms with Crippen molar-refractivity contribution in [3.05, 3.63) is 23.3 Å². The van der Waals surface area contributed by atoms with E-state index >= 15 is 0 Å². The van der Waals surface area contributed by atoms with Gasteiger partial charge in [-0.2, -0.15) is 0 Å². The van der Waals surface area contributed by atoms with Crippen molar-refractivity contribution in [3.63, 3.8) is 0 Å². The van der Waals surface area contributed by atoms with Gasteiger partial charge < -0.3 is 14.6 Å². The van der Waals surface area contributed by atoms with Crippen LogP contribution < -0.4 is 9.47 Å². The largest absolute Gasteiger partial charge is 0.493 e. The van der Waals surface area contributed by atoms with Gasteiger partial charge in [-0.1, -0.05) is 55.4 Å². The summed E-state index contributed by atoms with van der Waals surface area (Å²) >= 11 is 0. The molecule has 5 nitrogen and oxygen atoms in total. The summed E-state index contributed by atoms with van der Waals surface area (Å²) in [5.74, 6) is 0.337. The second kappa shape index (κ2) is 11.5. The average molecular weight is 435 g/mol. The van der Waals surface area contributed by atoms with Crippen LogP contribution in [0.3, 0.4) is 0 Å². The van der Waals surface area contributed by atoms with E-state index in [-0.39, 0.29) is 22.1 Å². The summed E-state index contributed by atoms with van der Waals surface area (Å²) in [5.41, 5.74) is 0.811. The maximum Gasteiger partial charge on any atom is 0.339 e. The first-order valence-corrected chi connectivity index (χ1v) is 11.3. The fourth-order valence-corrected chi connectivity index (χ4v) is 4.11. The van der Waals surface area contributed by atoms with Gasteiger partial charge in [0.25, 0.3) is 0 Å². The molecular formula is C26H42O5. The summed E-state index contributed by atoms with van der Waals surface area (Å²) in [4.78, 5) is 23.4. The van der Waals surface area contributed by atoms with Crippen molar-refractivity contribution in [2.45, 2.75) is 81.1 Å². The van der Waals surface area contributed by atoms with Crippen molar-refractivity contribution >= 4 is 12.3 Å². The minimum absolute atomic E-state index is 0.0202. The van der Waals surface area contributed by atoms with E-state index < -0.39 is 5.97 Å². The second-order valence-electron chi connectivity index (χ2n) is 11.3. The van der Waals surface area contributed by atoms with Crippen LogP contribution in [-0.2, 0) is 0 Å². The van der Waals surface area contributed by atoms with E-state index in [1.165, 1.54) is 12.1 Å². The molecule has 176 valence electrons. The Kier molecular flexibility index (Phi) is 10.1. The molecule has 0 saturated heterocycles. The van der Waals surface area contributed by atoms with E-state index in [4.69, 9.17) is 9.47 Å². The number of rotatable bonds is 12. The lowest BCUT2D eigenvalue weighted by molar-refractivity contribution is 0.0690. The van der Waals surface area contributed by atoms with Crippen LogP contribution in [0.4, 0.5) is 0 Å². The number of hydrogen-bond donors (Lipinski definition) is 1. The lowest BCUT2D eigenvalue weighted by Crippen LogP contribution is -2.15. The zero-order valence-electron chi connectivity index (χ0n) is 20.7. The van der Waals surface area contributed by atoms with Gasteiger partial charge in [-0.05, 0) is 60.5 Å². The highest BCUT2D eigenvalue weighted by atomic mass is 16.5. The molecule has 31 heavy (non-hydrogen) atoms. The average Bonchev–Trinajstić information content (AvgIpc) is 2.58. The van der Waals surface area contributed by atoms with E-state index in [1.807, 2.05) is 0 Å². The first-order valence-electron chi connectivity index (χ1n) is 11.3. The molecule has 2 atom stereocenters. The van der Waals surface area contributed by atoms with E-state index in [1.54, 1.807) is 0 Å². The zero-order chi connectivity index (χ0) is 23.8. The SMILES string of the molecule is CC(CCOc1cc(C(=O)O)c(OCCC(C)CC(C)(C)C)cc1C=O)CC(C)(C)C.